The molecule has 0 spiro atoms. The van der Waals surface area contributed by atoms with E-state index in [1.54, 1.807) is 0 Å². The minimum Gasteiger partial charge on any atom is -0.775 e. The number of methoxy groups -OCH3 is 2. The van der Waals surface area contributed by atoms with E-state index in [4.69, 9.17) is 9.47 Å². The van der Waals surface area contributed by atoms with Crippen molar-refractivity contribution >= 4 is 29.4 Å². The van der Waals surface area contributed by atoms with E-state index in [2.05, 4.69) is 4.99 Å². The molecule has 2 heterocycles. The number of hydrogen-bond acceptors (Lipinski definition) is 9. The molecule has 0 N–H and O–H groups in total. The Morgan fingerprint density at radius 3 is 2.62 bits per heavy atom. The first-order valence-corrected chi connectivity index (χ1v) is 9.12. The van der Waals surface area contributed by atoms with Crippen molar-refractivity contribution in [3.8, 4) is 0 Å². The molecule has 3 rings (SSSR count). The molecule has 0 saturated carbocycles. The lowest BCUT2D eigenvalue weighted by Crippen LogP contribution is -2.53. The van der Waals surface area contributed by atoms with Gasteiger partial charge in [-0.15, -0.1) is 0 Å². The molecule has 0 saturated heterocycles. The summed E-state index contributed by atoms with van der Waals surface area (Å²) in [7, 11) is 2.41. The molecule has 0 bridgehead atoms. The van der Waals surface area contributed by atoms with Crippen LogP contribution in [0.3, 0.4) is 0 Å². The first kappa shape index (κ1) is 21.6. The van der Waals surface area contributed by atoms with Crippen molar-refractivity contribution in [1.29, 1.82) is 0 Å². The molecule has 12 heteroatoms. The number of ether oxygens (including phenoxy) is 2. The summed E-state index contributed by atoms with van der Waals surface area (Å²) in [5.41, 5.74) is -2.09. The molecule has 1 aliphatic carbocycles. The Balaban J connectivity index is 1.96. The molecule has 158 valence electrons. The number of hydrogen-bond donors (Lipinski definition) is 0. The number of hydroxylamine groups is 1. The average molecular weight is 432 g/mol. The molecule has 3 aliphatic rings. The highest BCUT2D eigenvalue weighted by molar-refractivity contribution is 8.01. The molecule has 0 amide bonds. The van der Waals surface area contributed by atoms with E-state index in [0.29, 0.717) is 14.9 Å². The van der Waals surface area contributed by atoms with E-state index in [1.807, 2.05) is 0 Å². The number of esters is 1. The number of rotatable bonds is 4. The molecule has 0 aromatic heterocycles. The fourth-order valence-electron chi connectivity index (χ4n) is 3.33. The summed E-state index contributed by atoms with van der Waals surface area (Å²) in [5.74, 6) is -1.15. The number of ketones is 1. The van der Waals surface area contributed by atoms with Crippen LogP contribution in [0.5, 0.6) is 0 Å². The van der Waals surface area contributed by atoms with Gasteiger partial charge in [0.2, 0.25) is 0 Å². The van der Waals surface area contributed by atoms with Gasteiger partial charge in [0.1, 0.15) is 12.4 Å². The zero-order valence-corrected chi connectivity index (χ0v) is 16.5. The minimum atomic E-state index is -4.58. The Morgan fingerprint density at radius 2 is 2.10 bits per heavy atom. The molecular weight excluding hydrogens is 415 g/mol. The van der Waals surface area contributed by atoms with E-state index in [9.17, 15) is 28.0 Å². The highest BCUT2D eigenvalue weighted by atomic mass is 32.2. The first-order valence-electron chi connectivity index (χ1n) is 8.35. The van der Waals surface area contributed by atoms with Crippen LogP contribution in [-0.4, -0.2) is 65.5 Å². The number of carbonyl (C=O) groups excluding carboxylic acids is 2. The van der Waals surface area contributed by atoms with Crippen molar-refractivity contribution in [2.24, 2.45) is 4.99 Å². The van der Waals surface area contributed by atoms with E-state index in [-0.39, 0.29) is 17.9 Å². The number of allylic oxidation sites excluding steroid dienone is 3. The number of halogens is 3. The summed E-state index contributed by atoms with van der Waals surface area (Å²) >= 11 is 0.776. The molecule has 8 nitrogen and oxygen atoms in total. The van der Waals surface area contributed by atoms with Gasteiger partial charge >= 0.3 is 12.1 Å². The molecule has 0 aromatic rings. The maximum absolute atomic E-state index is 12.8. The summed E-state index contributed by atoms with van der Waals surface area (Å²) in [6.45, 7) is 1.08. The number of carbonyl (C=O) groups is 2. The SMILES string of the molecule is COC(=O)C(OC)C1(C)C2=C(CC(=O)C(N3C=CC(C(F)(F)F)=NC3)=C2)SN1[O-]. The summed E-state index contributed by atoms with van der Waals surface area (Å²) in [6, 6.07) is 0. The topological polar surface area (TPSA) is 94.5 Å². The highest BCUT2D eigenvalue weighted by Gasteiger charge is 2.51. The molecule has 0 fully saturated rings. The van der Waals surface area contributed by atoms with Crippen LogP contribution in [0.4, 0.5) is 13.2 Å². The fraction of sp³-hybridized carbons (Fsp3) is 0.471. The van der Waals surface area contributed by atoms with Crippen molar-refractivity contribution in [1.82, 2.24) is 9.37 Å². The lowest BCUT2D eigenvalue weighted by Gasteiger charge is -2.44. The van der Waals surface area contributed by atoms with Crippen molar-refractivity contribution < 1.29 is 32.2 Å². The predicted molar refractivity (Wildman–Crippen MR) is 98.1 cm³/mol. The lowest BCUT2D eigenvalue weighted by atomic mass is 9.82. The molecule has 2 atom stereocenters. The van der Waals surface area contributed by atoms with Gasteiger partial charge in [-0.25, -0.2) is 4.79 Å². The maximum Gasteiger partial charge on any atom is 0.433 e. The van der Waals surface area contributed by atoms with Crippen molar-refractivity contribution in [2.45, 2.75) is 31.2 Å². The van der Waals surface area contributed by atoms with Gasteiger partial charge in [0, 0.05) is 24.6 Å². The molecular formula is C17H17F3N3O5S-. The number of aliphatic imine (C=N–C) groups is 1. The third-order valence-corrected chi connectivity index (χ3v) is 6.00. The van der Waals surface area contributed by atoms with Crippen molar-refractivity contribution in [3.63, 3.8) is 0 Å². The van der Waals surface area contributed by atoms with Gasteiger partial charge in [-0.1, -0.05) is 11.9 Å². The Labute approximate surface area is 168 Å². The van der Waals surface area contributed by atoms with Gasteiger partial charge in [-0.2, -0.15) is 13.2 Å². The smallest absolute Gasteiger partial charge is 0.433 e. The van der Waals surface area contributed by atoms with Gasteiger partial charge in [0.25, 0.3) is 0 Å². The summed E-state index contributed by atoms with van der Waals surface area (Å²) in [4.78, 5) is 29.9. The lowest BCUT2D eigenvalue weighted by molar-refractivity contribution is -0.157. The van der Waals surface area contributed by atoms with Crippen molar-refractivity contribution in [2.75, 3.05) is 20.9 Å². The largest absolute Gasteiger partial charge is 0.775 e. The van der Waals surface area contributed by atoms with Crippen LogP contribution in [0.1, 0.15) is 13.3 Å². The normalized spacial score (nSPS) is 26.3. The zero-order chi connectivity index (χ0) is 21.6. The summed E-state index contributed by atoms with van der Waals surface area (Å²) in [5, 5.41) is 12.7. The second kappa shape index (κ2) is 7.59. The average Bonchev–Trinajstić information content (AvgIpc) is 2.91. The zero-order valence-electron chi connectivity index (χ0n) is 15.6. The standard InChI is InChI=1S/C17H17F3N3O5S/c1-16(14(27-2)15(25)28-3)9-6-10(11(24)7-12(9)29-23(16)26)22-5-4-13(21-8-22)17(18,19)20/h4-6,14H,7-8H2,1-3H3/q-1. The van der Waals surface area contributed by atoms with Gasteiger partial charge in [-0.3, -0.25) is 9.79 Å². The van der Waals surface area contributed by atoms with E-state index in [0.717, 1.165) is 31.3 Å². The van der Waals surface area contributed by atoms with Crippen LogP contribution in [0.2, 0.25) is 0 Å². The first-order chi connectivity index (χ1) is 13.5. The van der Waals surface area contributed by atoms with Gasteiger partial charge < -0.3 is 24.0 Å². The van der Waals surface area contributed by atoms with E-state index < -0.39 is 36.2 Å². The second-order valence-electron chi connectivity index (χ2n) is 6.57. The number of Topliss-reactive ketones (excluding diaryl/α,β-unsaturated/α-hetero) is 1. The molecule has 2 unspecified atom stereocenters. The Kier molecular flexibility index (Phi) is 5.64. The van der Waals surface area contributed by atoms with Crippen molar-refractivity contribution in [3.05, 3.63) is 39.7 Å². The molecule has 2 aliphatic heterocycles. The molecule has 29 heavy (non-hydrogen) atoms. The Bertz CT molecular complexity index is 867. The van der Waals surface area contributed by atoms with Crippen LogP contribution in [0.15, 0.2) is 39.5 Å². The van der Waals surface area contributed by atoms with Crippen LogP contribution < -0.4 is 0 Å². The highest BCUT2D eigenvalue weighted by Crippen LogP contribution is 2.51. The quantitative estimate of drug-likeness (QED) is 0.493. The molecule has 0 aromatic carbocycles. The Hall–Kier alpha value is -2.15. The van der Waals surface area contributed by atoms with E-state index >= 15 is 0 Å². The second-order valence-corrected chi connectivity index (χ2v) is 7.58. The van der Waals surface area contributed by atoms with Crippen LogP contribution >= 0.6 is 11.9 Å². The van der Waals surface area contributed by atoms with Crippen LogP contribution in [0, 0.1) is 5.21 Å². The Morgan fingerprint density at radius 1 is 1.41 bits per heavy atom. The van der Waals surface area contributed by atoms with Gasteiger partial charge in [0.05, 0.1) is 18.3 Å². The van der Waals surface area contributed by atoms with Crippen LogP contribution in [-0.2, 0) is 19.1 Å². The number of nitrogens with zero attached hydrogens (tertiary/aromatic N) is 3. The predicted octanol–water partition coefficient (Wildman–Crippen LogP) is 2.30. The minimum absolute atomic E-state index is 0.0758. The third kappa shape index (κ3) is 3.61. The fourth-order valence-corrected chi connectivity index (χ4v) is 4.47. The summed E-state index contributed by atoms with van der Waals surface area (Å²) in [6.07, 6.45) is -2.69. The van der Waals surface area contributed by atoms with Gasteiger partial charge in [-0.05, 0) is 24.6 Å². The maximum atomic E-state index is 12.8. The van der Waals surface area contributed by atoms with Gasteiger partial charge in [0.15, 0.2) is 11.9 Å². The number of alkyl halides is 3. The molecule has 0 radical (unpaired) electrons. The summed E-state index contributed by atoms with van der Waals surface area (Å²) < 4.78 is 48.8. The monoisotopic (exact) mass is 432 g/mol. The van der Waals surface area contributed by atoms with Crippen LogP contribution in [0.25, 0.3) is 0 Å². The van der Waals surface area contributed by atoms with E-state index in [1.165, 1.54) is 25.0 Å². The third-order valence-electron chi connectivity index (χ3n) is 4.87.